The highest BCUT2D eigenvalue weighted by molar-refractivity contribution is 5.43. The Labute approximate surface area is 111 Å². The molecule has 1 N–H and O–H groups in total. The van der Waals surface area contributed by atoms with E-state index in [9.17, 15) is 8.78 Å². The number of halogens is 2. The van der Waals surface area contributed by atoms with Gasteiger partial charge in [-0.25, -0.2) is 0 Å². The molecule has 0 spiro atoms. The molecular weight excluding hydrogens is 254 g/mol. The van der Waals surface area contributed by atoms with Crippen LogP contribution in [0.15, 0.2) is 18.2 Å². The second-order valence-electron chi connectivity index (χ2n) is 4.59. The van der Waals surface area contributed by atoms with E-state index < -0.39 is 6.61 Å². The summed E-state index contributed by atoms with van der Waals surface area (Å²) in [7, 11) is 3.48. The van der Waals surface area contributed by atoms with Gasteiger partial charge in [0.05, 0.1) is 7.11 Å². The predicted octanol–water partition coefficient (Wildman–Crippen LogP) is 1.70. The molecule has 1 aromatic carbocycles. The minimum Gasteiger partial charge on any atom is -0.493 e. The first-order valence-corrected chi connectivity index (χ1v) is 6.13. The summed E-state index contributed by atoms with van der Waals surface area (Å²) in [6.45, 7) is -0.124. The van der Waals surface area contributed by atoms with Gasteiger partial charge in [0.2, 0.25) is 0 Å². The van der Waals surface area contributed by atoms with Gasteiger partial charge >= 0.3 is 6.61 Å². The van der Waals surface area contributed by atoms with Crippen LogP contribution in [0, 0.1) is 0 Å². The quantitative estimate of drug-likeness (QED) is 0.854. The van der Waals surface area contributed by atoms with Crippen LogP contribution in [0.1, 0.15) is 5.56 Å². The zero-order valence-corrected chi connectivity index (χ0v) is 11.0. The summed E-state index contributed by atoms with van der Waals surface area (Å²) in [4.78, 5) is 2.22. The summed E-state index contributed by atoms with van der Waals surface area (Å²) in [6, 6.07) is 5.57. The average molecular weight is 272 g/mol. The summed E-state index contributed by atoms with van der Waals surface area (Å²) in [5, 5.41) is 3.21. The Kier molecular flexibility index (Phi) is 4.55. The highest BCUT2D eigenvalue weighted by atomic mass is 19.3. The number of rotatable bonds is 6. The molecule has 0 radical (unpaired) electrons. The fraction of sp³-hybridized carbons (Fsp3) is 0.538. The van der Waals surface area contributed by atoms with E-state index in [1.165, 1.54) is 13.2 Å². The minimum atomic E-state index is -2.84. The van der Waals surface area contributed by atoms with E-state index in [-0.39, 0.29) is 5.75 Å². The standard InChI is InChI=1S/C13H18F2N2O2/c1-17(10-6-16-7-10)8-9-3-4-11(19-13(14)15)12(5-9)18-2/h3-5,10,13,16H,6-8H2,1-2H3. The van der Waals surface area contributed by atoms with Gasteiger partial charge < -0.3 is 14.8 Å². The van der Waals surface area contributed by atoms with Gasteiger partial charge in [-0.2, -0.15) is 8.78 Å². The van der Waals surface area contributed by atoms with Gasteiger partial charge in [0.15, 0.2) is 11.5 Å². The number of benzene rings is 1. The Balaban J connectivity index is 2.05. The summed E-state index contributed by atoms with van der Waals surface area (Å²) in [5.74, 6) is 0.396. The van der Waals surface area contributed by atoms with E-state index in [0.717, 1.165) is 25.2 Å². The second kappa shape index (κ2) is 6.16. The molecule has 6 heteroatoms. The van der Waals surface area contributed by atoms with Gasteiger partial charge in [0.25, 0.3) is 0 Å². The molecule has 19 heavy (non-hydrogen) atoms. The van der Waals surface area contributed by atoms with E-state index in [1.807, 2.05) is 7.05 Å². The third kappa shape index (κ3) is 3.54. The molecule has 0 unspecified atom stereocenters. The molecule has 1 aliphatic heterocycles. The molecule has 1 aromatic rings. The first-order chi connectivity index (χ1) is 9.10. The number of methoxy groups -OCH3 is 1. The monoisotopic (exact) mass is 272 g/mol. The van der Waals surface area contributed by atoms with Gasteiger partial charge in [-0.05, 0) is 24.7 Å². The van der Waals surface area contributed by atoms with E-state index in [0.29, 0.717) is 11.8 Å². The maximum Gasteiger partial charge on any atom is 0.387 e. The number of likely N-dealkylation sites (N-methyl/N-ethyl adjacent to an activating group) is 1. The van der Waals surface area contributed by atoms with Crippen molar-refractivity contribution in [1.82, 2.24) is 10.2 Å². The molecule has 0 amide bonds. The van der Waals surface area contributed by atoms with Crippen molar-refractivity contribution in [2.24, 2.45) is 0 Å². The smallest absolute Gasteiger partial charge is 0.387 e. The van der Waals surface area contributed by atoms with E-state index in [2.05, 4.69) is 15.0 Å². The highest BCUT2D eigenvalue weighted by Crippen LogP contribution is 2.30. The number of nitrogens with zero attached hydrogens (tertiary/aromatic N) is 1. The molecule has 1 heterocycles. The lowest BCUT2D eigenvalue weighted by Gasteiger charge is -2.35. The molecule has 0 aromatic heterocycles. The van der Waals surface area contributed by atoms with Crippen molar-refractivity contribution in [1.29, 1.82) is 0 Å². The van der Waals surface area contributed by atoms with Crippen molar-refractivity contribution in [3.05, 3.63) is 23.8 Å². The van der Waals surface area contributed by atoms with Crippen LogP contribution in [-0.4, -0.2) is 44.8 Å². The van der Waals surface area contributed by atoms with Crippen LogP contribution in [0.4, 0.5) is 8.78 Å². The fourth-order valence-electron chi connectivity index (χ4n) is 2.01. The number of hydrogen-bond acceptors (Lipinski definition) is 4. The number of nitrogens with one attached hydrogen (secondary N) is 1. The number of alkyl halides is 2. The van der Waals surface area contributed by atoms with Crippen LogP contribution >= 0.6 is 0 Å². The van der Waals surface area contributed by atoms with Gasteiger partial charge in [-0.1, -0.05) is 6.07 Å². The first kappa shape index (κ1) is 14.0. The Hall–Kier alpha value is -1.40. The van der Waals surface area contributed by atoms with Crippen LogP contribution in [-0.2, 0) is 6.54 Å². The summed E-state index contributed by atoms with van der Waals surface area (Å²) >= 11 is 0. The Bertz CT molecular complexity index is 425. The van der Waals surface area contributed by atoms with Crippen LogP contribution in [0.3, 0.4) is 0 Å². The lowest BCUT2D eigenvalue weighted by Crippen LogP contribution is -2.55. The third-order valence-corrected chi connectivity index (χ3v) is 3.26. The summed E-state index contributed by atoms with van der Waals surface area (Å²) in [6.07, 6.45) is 0. The second-order valence-corrected chi connectivity index (χ2v) is 4.59. The molecule has 1 aliphatic rings. The molecule has 4 nitrogen and oxygen atoms in total. The lowest BCUT2D eigenvalue weighted by molar-refractivity contribution is -0.0512. The number of ether oxygens (including phenoxy) is 2. The molecule has 1 fully saturated rings. The predicted molar refractivity (Wildman–Crippen MR) is 67.8 cm³/mol. The molecule has 2 rings (SSSR count). The van der Waals surface area contributed by atoms with Crippen molar-refractivity contribution < 1.29 is 18.3 Å². The maximum atomic E-state index is 12.2. The van der Waals surface area contributed by atoms with E-state index in [1.54, 1.807) is 12.1 Å². The maximum absolute atomic E-state index is 12.2. The van der Waals surface area contributed by atoms with Crippen molar-refractivity contribution in [2.45, 2.75) is 19.2 Å². The first-order valence-electron chi connectivity index (χ1n) is 6.13. The Morgan fingerprint density at radius 3 is 2.63 bits per heavy atom. The van der Waals surface area contributed by atoms with Crippen LogP contribution in [0.25, 0.3) is 0 Å². The number of hydrogen-bond donors (Lipinski definition) is 1. The zero-order chi connectivity index (χ0) is 13.8. The topological polar surface area (TPSA) is 33.7 Å². The SMILES string of the molecule is COc1cc(CN(C)C2CNC2)ccc1OC(F)F. The summed E-state index contributed by atoms with van der Waals surface area (Å²) in [5.41, 5.74) is 1.01. The van der Waals surface area contributed by atoms with Crippen molar-refractivity contribution in [2.75, 3.05) is 27.2 Å². The average Bonchev–Trinajstić information content (AvgIpc) is 2.28. The van der Waals surface area contributed by atoms with Crippen LogP contribution in [0.2, 0.25) is 0 Å². The largest absolute Gasteiger partial charge is 0.493 e. The van der Waals surface area contributed by atoms with Crippen molar-refractivity contribution >= 4 is 0 Å². The molecule has 0 saturated carbocycles. The molecule has 1 saturated heterocycles. The molecular formula is C13H18F2N2O2. The van der Waals surface area contributed by atoms with E-state index in [4.69, 9.17) is 4.74 Å². The minimum absolute atomic E-state index is 0.0641. The normalized spacial score (nSPS) is 15.7. The van der Waals surface area contributed by atoms with Crippen LogP contribution < -0.4 is 14.8 Å². The lowest BCUT2D eigenvalue weighted by atomic mass is 10.1. The van der Waals surface area contributed by atoms with Crippen molar-refractivity contribution in [3.8, 4) is 11.5 Å². The molecule has 0 aliphatic carbocycles. The van der Waals surface area contributed by atoms with Gasteiger partial charge in [-0.3, -0.25) is 4.90 Å². The zero-order valence-electron chi connectivity index (χ0n) is 11.0. The highest BCUT2D eigenvalue weighted by Gasteiger charge is 2.21. The Morgan fingerprint density at radius 1 is 1.37 bits per heavy atom. The fourth-order valence-corrected chi connectivity index (χ4v) is 2.01. The summed E-state index contributed by atoms with van der Waals surface area (Å²) < 4.78 is 33.9. The molecule has 0 bridgehead atoms. The molecule has 106 valence electrons. The van der Waals surface area contributed by atoms with Crippen molar-refractivity contribution in [3.63, 3.8) is 0 Å². The Morgan fingerprint density at radius 2 is 2.11 bits per heavy atom. The third-order valence-electron chi connectivity index (χ3n) is 3.26. The van der Waals surface area contributed by atoms with E-state index >= 15 is 0 Å². The molecule has 0 atom stereocenters. The van der Waals surface area contributed by atoms with Gasteiger partial charge in [0.1, 0.15) is 0 Å². The van der Waals surface area contributed by atoms with Gasteiger partial charge in [0, 0.05) is 25.7 Å². The van der Waals surface area contributed by atoms with Crippen LogP contribution in [0.5, 0.6) is 11.5 Å². The van der Waals surface area contributed by atoms with Gasteiger partial charge in [-0.15, -0.1) is 0 Å².